The topological polar surface area (TPSA) is 64.1 Å². The van der Waals surface area contributed by atoms with E-state index >= 15 is 0 Å². The third kappa shape index (κ3) is 3.87. The van der Waals surface area contributed by atoms with Crippen molar-refractivity contribution in [2.24, 2.45) is 11.0 Å². The summed E-state index contributed by atoms with van der Waals surface area (Å²) in [5.74, 6) is 0. The van der Waals surface area contributed by atoms with Gasteiger partial charge in [-0.2, -0.15) is 0 Å². The van der Waals surface area contributed by atoms with Crippen LogP contribution in [0.25, 0.3) is 10.8 Å². The first kappa shape index (κ1) is 12.7. The van der Waals surface area contributed by atoms with E-state index < -0.39 is 6.49 Å². The molecule has 5 heteroatoms. The molecule has 2 aromatic rings. The van der Waals surface area contributed by atoms with E-state index in [0.29, 0.717) is 0 Å². The second-order valence-corrected chi connectivity index (χ2v) is 7.60. The Balaban J connectivity index is 2.07. The van der Waals surface area contributed by atoms with Crippen LogP contribution < -0.4 is 16.1 Å². The quantitative estimate of drug-likeness (QED) is 0.741. The summed E-state index contributed by atoms with van der Waals surface area (Å²) in [7, 11) is 0. The van der Waals surface area contributed by atoms with E-state index in [-0.39, 0.29) is 0 Å². The molecule has 0 spiro atoms. The number of hydrogen-bond donors (Lipinski definition) is 3. The lowest BCUT2D eigenvalue weighted by atomic mass is 10.1. The van der Waals surface area contributed by atoms with Gasteiger partial charge >= 0.3 is 0 Å². The van der Waals surface area contributed by atoms with Gasteiger partial charge in [-0.05, 0) is 34.6 Å². The van der Waals surface area contributed by atoms with Crippen LogP contribution in [0.4, 0.5) is 0 Å². The van der Waals surface area contributed by atoms with Crippen LogP contribution in [-0.4, -0.2) is 6.54 Å². The second-order valence-electron chi connectivity index (χ2n) is 4.05. The Bertz CT molecular complexity index is 564. The average molecular weight is 265 g/mol. The molecule has 0 aliphatic carbocycles. The Morgan fingerprint density at radius 3 is 2.47 bits per heavy atom. The minimum absolute atomic E-state index is 0.725. The Morgan fingerprint density at radius 1 is 1.06 bits per heavy atom. The zero-order chi connectivity index (χ0) is 12.3. The van der Waals surface area contributed by atoms with Crippen LogP contribution in [-0.2, 0) is 18.2 Å². The predicted octanol–water partition coefficient (Wildman–Crippen LogP) is 2.11. The fraction of sp³-hybridized carbons (Fsp3) is 0.167. The fourth-order valence-corrected chi connectivity index (χ4v) is 2.50. The molecule has 0 saturated carbocycles. The van der Waals surface area contributed by atoms with E-state index in [2.05, 4.69) is 35.4 Å². The van der Waals surface area contributed by atoms with E-state index in [0.717, 1.165) is 13.0 Å². The van der Waals surface area contributed by atoms with Crippen LogP contribution >= 0.6 is 6.49 Å². The molecule has 0 amide bonds. The van der Waals surface area contributed by atoms with Gasteiger partial charge in [-0.1, -0.05) is 42.5 Å². The summed E-state index contributed by atoms with van der Waals surface area (Å²) < 4.78 is 0. The molecular weight excluding hydrogens is 249 g/mol. The minimum atomic E-state index is -2.27. The standard InChI is InChI=1S/C12H16N3PS/c13-16(14,17)15-8-7-10-5-6-11-3-1-2-4-12(11)9-10/h1-6,9H,7-8H2,(H5,13,14,15,17). The molecule has 0 aliphatic heterocycles. The van der Waals surface area contributed by atoms with Crippen molar-refractivity contribution in [1.82, 2.24) is 5.09 Å². The summed E-state index contributed by atoms with van der Waals surface area (Å²) in [6.07, 6.45) is 0.887. The molecule has 0 aliphatic rings. The Labute approximate surface area is 106 Å². The van der Waals surface area contributed by atoms with Gasteiger partial charge in [0.2, 0.25) is 0 Å². The Hall–Kier alpha value is -0.770. The van der Waals surface area contributed by atoms with Crippen LogP contribution in [0.1, 0.15) is 5.56 Å². The van der Waals surface area contributed by atoms with E-state index in [4.69, 9.17) is 22.8 Å². The Morgan fingerprint density at radius 2 is 1.76 bits per heavy atom. The summed E-state index contributed by atoms with van der Waals surface area (Å²) in [6, 6.07) is 14.8. The SMILES string of the molecule is NP(N)(=S)NCCc1ccc2ccccc2c1. The van der Waals surface area contributed by atoms with Crippen molar-refractivity contribution in [2.75, 3.05) is 6.54 Å². The molecule has 0 atom stereocenters. The molecule has 0 unspecified atom stereocenters. The predicted molar refractivity (Wildman–Crippen MR) is 78.3 cm³/mol. The molecule has 0 saturated heterocycles. The molecular formula is C12H16N3PS. The van der Waals surface area contributed by atoms with E-state index in [9.17, 15) is 0 Å². The highest BCUT2D eigenvalue weighted by Gasteiger charge is 2.01. The first-order chi connectivity index (χ1) is 8.04. The van der Waals surface area contributed by atoms with Crippen molar-refractivity contribution in [3.63, 3.8) is 0 Å². The zero-order valence-corrected chi connectivity index (χ0v) is 11.2. The summed E-state index contributed by atoms with van der Waals surface area (Å²) in [4.78, 5) is 0. The van der Waals surface area contributed by atoms with Gasteiger partial charge < -0.3 is 0 Å². The van der Waals surface area contributed by atoms with Crippen LogP contribution in [0.5, 0.6) is 0 Å². The number of benzene rings is 2. The van der Waals surface area contributed by atoms with Gasteiger partial charge in [0.05, 0.1) is 0 Å². The maximum atomic E-state index is 5.58. The normalized spacial score (nSPS) is 11.9. The van der Waals surface area contributed by atoms with Gasteiger partial charge in [0.25, 0.3) is 0 Å². The second kappa shape index (κ2) is 5.25. The molecule has 0 aromatic heterocycles. The lowest BCUT2D eigenvalue weighted by molar-refractivity contribution is 0.894. The molecule has 0 bridgehead atoms. The number of fused-ring (bicyclic) bond motifs is 1. The average Bonchev–Trinajstić information content (AvgIpc) is 2.27. The molecule has 90 valence electrons. The third-order valence-corrected chi connectivity index (χ3v) is 3.69. The van der Waals surface area contributed by atoms with E-state index in [1.54, 1.807) is 0 Å². The monoisotopic (exact) mass is 265 g/mol. The highest BCUT2D eigenvalue weighted by Crippen LogP contribution is 2.19. The molecule has 17 heavy (non-hydrogen) atoms. The van der Waals surface area contributed by atoms with Crippen LogP contribution in [0.3, 0.4) is 0 Å². The molecule has 0 heterocycles. The first-order valence-electron chi connectivity index (χ1n) is 5.45. The summed E-state index contributed by atoms with van der Waals surface area (Å²) in [6.45, 7) is -1.54. The van der Waals surface area contributed by atoms with Gasteiger partial charge in [0.15, 0.2) is 0 Å². The molecule has 2 rings (SSSR count). The largest absolute Gasteiger partial charge is 0.280 e. The van der Waals surface area contributed by atoms with Crippen LogP contribution in [0, 0.1) is 0 Å². The first-order valence-corrected chi connectivity index (χ1v) is 8.39. The summed E-state index contributed by atoms with van der Waals surface area (Å²) in [5, 5.41) is 5.51. The van der Waals surface area contributed by atoms with E-state index in [1.165, 1.54) is 16.3 Å². The lowest BCUT2D eigenvalue weighted by Gasteiger charge is -2.12. The summed E-state index contributed by atoms with van der Waals surface area (Å²) >= 11 is 4.93. The number of nitrogens with two attached hydrogens (primary N) is 2. The highest BCUT2D eigenvalue weighted by molar-refractivity contribution is 8.11. The van der Waals surface area contributed by atoms with Crippen LogP contribution in [0.2, 0.25) is 0 Å². The van der Waals surface area contributed by atoms with Crippen molar-refractivity contribution >= 4 is 29.1 Å². The smallest absolute Gasteiger partial charge is 0.132 e. The minimum Gasteiger partial charge on any atom is -0.280 e. The zero-order valence-electron chi connectivity index (χ0n) is 9.47. The third-order valence-electron chi connectivity index (χ3n) is 2.59. The van der Waals surface area contributed by atoms with Gasteiger partial charge in [0, 0.05) is 6.54 Å². The maximum Gasteiger partial charge on any atom is 0.132 e. The van der Waals surface area contributed by atoms with E-state index in [1.807, 2.05) is 12.1 Å². The molecule has 5 N–H and O–H groups in total. The number of nitrogens with one attached hydrogen (secondary N) is 1. The van der Waals surface area contributed by atoms with Gasteiger partial charge in [-0.25, -0.2) is 0 Å². The molecule has 0 fully saturated rings. The molecule has 0 radical (unpaired) electrons. The maximum absolute atomic E-state index is 5.58. The lowest BCUT2D eigenvalue weighted by Crippen LogP contribution is -2.23. The van der Waals surface area contributed by atoms with Crippen LogP contribution in [0.15, 0.2) is 42.5 Å². The molecule has 2 aromatic carbocycles. The van der Waals surface area contributed by atoms with Crippen molar-refractivity contribution in [3.8, 4) is 0 Å². The van der Waals surface area contributed by atoms with Gasteiger partial charge in [0.1, 0.15) is 6.49 Å². The van der Waals surface area contributed by atoms with Crippen molar-refractivity contribution < 1.29 is 0 Å². The summed E-state index contributed by atoms with van der Waals surface area (Å²) in [5.41, 5.74) is 12.4. The van der Waals surface area contributed by atoms with Crippen molar-refractivity contribution in [2.45, 2.75) is 6.42 Å². The van der Waals surface area contributed by atoms with Gasteiger partial charge in [-0.3, -0.25) is 16.1 Å². The van der Waals surface area contributed by atoms with Crippen molar-refractivity contribution in [1.29, 1.82) is 0 Å². The fourth-order valence-electron chi connectivity index (χ4n) is 1.77. The highest BCUT2D eigenvalue weighted by atomic mass is 32.4. The van der Waals surface area contributed by atoms with Crippen molar-refractivity contribution in [3.05, 3.63) is 48.0 Å². The number of hydrogen-bond acceptors (Lipinski definition) is 1. The number of rotatable bonds is 4. The Kier molecular flexibility index (Phi) is 3.92. The van der Waals surface area contributed by atoms with Gasteiger partial charge in [-0.15, -0.1) is 0 Å². The molecule has 3 nitrogen and oxygen atoms in total.